The Hall–Kier alpha value is -2.86. The fraction of sp³-hybridized carbons (Fsp3) is 0.364. The van der Waals surface area contributed by atoms with E-state index in [1.165, 1.54) is 0 Å². The highest BCUT2D eigenvalue weighted by molar-refractivity contribution is 5.86. The molecule has 2 aromatic carbocycles. The monoisotopic (exact) mass is 383 g/mol. The molecule has 0 radical (unpaired) electrons. The standard InChI is InChI=1S/C22H25NO5/c1-15(21(24)23-20(22(25)26)18-8-5-13-27-14-18)28-19-11-9-17(10-12-19)16-6-3-2-4-7-16/h2-4,6-7,9-12,15,18,20H,5,8,13-14H2,1H3,(H,23,24)(H,25,26). The van der Waals surface area contributed by atoms with Crippen LogP contribution in [0, 0.1) is 5.92 Å². The number of carboxylic acids is 1. The van der Waals surface area contributed by atoms with Crippen LogP contribution in [0.5, 0.6) is 5.75 Å². The summed E-state index contributed by atoms with van der Waals surface area (Å²) >= 11 is 0. The average molecular weight is 383 g/mol. The highest BCUT2D eigenvalue weighted by atomic mass is 16.5. The molecule has 2 N–H and O–H groups in total. The summed E-state index contributed by atoms with van der Waals surface area (Å²) in [6.07, 6.45) is 0.700. The Morgan fingerprint density at radius 1 is 1.11 bits per heavy atom. The summed E-state index contributed by atoms with van der Waals surface area (Å²) in [7, 11) is 0. The molecule has 1 fully saturated rings. The Morgan fingerprint density at radius 2 is 1.79 bits per heavy atom. The van der Waals surface area contributed by atoms with Gasteiger partial charge < -0.3 is 19.9 Å². The largest absolute Gasteiger partial charge is 0.481 e. The van der Waals surface area contributed by atoms with Crippen molar-refractivity contribution in [3.8, 4) is 16.9 Å². The lowest BCUT2D eigenvalue weighted by atomic mass is 9.93. The van der Waals surface area contributed by atoms with E-state index in [0.717, 1.165) is 17.5 Å². The highest BCUT2D eigenvalue weighted by Crippen LogP contribution is 2.23. The minimum absolute atomic E-state index is 0.229. The van der Waals surface area contributed by atoms with Gasteiger partial charge in [0.1, 0.15) is 11.8 Å². The van der Waals surface area contributed by atoms with E-state index in [9.17, 15) is 14.7 Å². The molecule has 1 aliphatic rings. The lowest BCUT2D eigenvalue weighted by molar-refractivity contribution is -0.146. The number of carbonyl (C=O) groups excluding carboxylic acids is 1. The number of amides is 1. The minimum atomic E-state index is -1.05. The van der Waals surface area contributed by atoms with Crippen molar-refractivity contribution in [3.63, 3.8) is 0 Å². The van der Waals surface area contributed by atoms with Crippen LogP contribution in [0.2, 0.25) is 0 Å². The van der Waals surface area contributed by atoms with Gasteiger partial charge in [-0.2, -0.15) is 0 Å². The molecular formula is C22H25NO5. The Bertz CT molecular complexity index is 784. The number of aliphatic carboxylic acids is 1. The van der Waals surface area contributed by atoms with Crippen LogP contribution in [0.3, 0.4) is 0 Å². The van der Waals surface area contributed by atoms with Crippen LogP contribution < -0.4 is 10.1 Å². The van der Waals surface area contributed by atoms with Crippen molar-refractivity contribution in [2.24, 2.45) is 5.92 Å². The summed E-state index contributed by atoms with van der Waals surface area (Å²) in [6, 6.07) is 16.4. The van der Waals surface area contributed by atoms with Gasteiger partial charge in [-0.05, 0) is 43.0 Å². The summed E-state index contributed by atoms with van der Waals surface area (Å²) in [6.45, 7) is 2.58. The van der Waals surface area contributed by atoms with E-state index in [1.54, 1.807) is 19.1 Å². The van der Waals surface area contributed by atoms with E-state index in [1.807, 2.05) is 42.5 Å². The average Bonchev–Trinajstić information content (AvgIpc) is 2.73. The minimum Gasteiger partial charge on any atom is -0.481 e. The summed E-state index contributed by atoms with van der Waals surface area (Å²) in [5.41, 5.74) is 2.15. The van der Waals surface area contributed by atoms with Crippen LogP contribution in [0.15, 0.2) is 54.6 Å². The quantitative estimate of drug-likeness (QED) is 0.767. The topological polar surface area (TPSA) is 84.9 Å². The number of hydrogen-bond donors (Lipinski definition) is 2. The maximum absolute atomic E-state index is 12.5. The van der Waals surface area contributed by atoms with Gasteiger partial charge in [-0.3, -0.25) is 4.79 Å². The van der Waals surface area contributed by atoms with Crippen LogP contribution in [0.4, 0.5) is 0 Å². The maximum Gasteiger partial charge on any atom is 0.326 e. The highest BCUT2D eigenvalue weighted by Gasteiger charge is 2.32. The molecule has 3 rings (SSSR count). The molecule has 0 aromatic heterocycles. The lowest BCUT2D eigenvalue weighted by Gasteiger charge is -2.28. The maximum atomic E-state index is 12.5. The van der Waals surface area contributed by atoms with Crippen LogP contribution >= 0.6 is 0 Å². The van der Waals surface area contributed by atoms with Crippen molar-refractivity contribution in [2.45, 2.75) is 31.9 Å². The molecule has 148 valence electrons. The van der Waals surface area contributed by atoms with Crippen molar-refractivity contribution in [3.05, 3.63) is 54.6 Å². The predicted octanol–water partition coefficient (Wildman–Crippen LogP) is 3.12. The van der Waals surface area contributed by atoms with Gasteiger partial charge in [-0.15, -0.1) is 0 Å². The zero-order valence-electron chi connectivity index (χ0n) is 15.8. The van der Waals surface area contributed by atoms with Crippen molar-refractivity contribution >= 4 is 11.9 Å². The number of ether oxygens (including phenoxy) is 2. The number of benzene rings is 2. The second-order valence-electron chi connectivity index (χ2n) is 6.95. The van der Waals surface area contributed by atoms with E-state index in [0.29, 0.717) is 25.4 Å². The predicted molar refractivity (Wildman–Crippen MR) is 105 cm³/mol. The van der Waals surface area contributed by atoms with E-state index in [4.69, 9.17) is 9.47 Å². The van der Waals surface area contributed by atoms with Crippen molar-refractivity contribution < 1.29 is 24.2 Å². The van der Waals surface area contributed by atoms with E-state index < -0.39 is 24.0 Å². The Morgan fingerprint density at radius 3 is 2.39 bits per heavy atom. The van der Waals surface area contributed by atoms with Crippen molar-refractivity contribution in [2.75, 3.05) is 13.2 Å². The third-order valence-corrected chi connectivity index (χ3v) is 4.87. The molecule has 0 saturated carbocycles. The first-order valence-electron chi connectivity index (χ1n) is 9.47. The third-order valence-electron chi connectivity index (χ3n) is 4.87. The molecule has 1 saturated heterocycles. The van der Waals surface area contributed by atoms with Gasteiger partial charge in [0.05, 0.1) is 6.61 Å². The van der Waals surface area contributed by atoms with E-state index in [-0.39, 0.29) is 5.92 Å². The third kappa shape index (κ3) is 5.10. The number of carbonyl (C=O) groups is 2. The first-order valence-corrected chi connectivity index (χ1v) is 9.47. The van der Waals surface area contributed by atoms with Gasteiger partial charge in [0.2, 0.25) is 0 Å². The number of rotatable bonds is 7. The Labute approximate surface area is 164 Å². The second kappa shape index (κ2) is 9.37. The van der Waals surface area contributed by atoms with Crippen LogP contribution in [-0.2, 0) is 14.3 Å². The zero-order valence-corrected chi connectivity index (χ0v) is 15.8. The molecule has 6 heteroatoms. The van der Waals surface area contributed by atoms with Gasteiger partial charge in [-0.1, -0.05) is 42.5 Å². The molecule has 6 nitrogen and oxygen atoms in total. The van der Waals surface area contributed by atoms with Gasteiger partial charge in [0, 0.05) is 12.5 Å². The first-order chi connectivity index (χ1) is 13.5. The van der Waals surface area contributed by atoms with Gasteiger partial charge in [0.25, 0.3) is 5.91 Å². The zero-order chi connectivity index (χ0) is 19.9. The Balaban J connectivity index is 1.59. The first kappa shape index (κ1) is 19.9. The fourth-order valence-electron chi connectivity index (χ4n) is 3.29. The lowest BCUT2D eigenvalue weighted by Crippen LogP contribution is -2.51. The van der Waals surface area contributed by atoms with E-state index in [2.05, 4.69) is 5.32 Å². The van der Waals surface area contributed by atoms with E-state index >= 15 is 0 Å². The van der Waals surface area contributed by atoms with Crippen LogP contribution in [-0.4, -0.2) is 42.3 Å². The normalized spacial score (nSPS) is 18.7. The summed E-state index contributed by atoms with van der Waals surface area (Å²) in [5, 5.41) is 12.1. The molecular weight excluding hydrogens is 358 g/mol. The number of carboxylic acid groups (broad SMARTS) is 1. The molecule has 28 heavy (non-hydrogen) atoms. The fourth-order valence-corrected chi connectivity index (χ4v) is 3.29. The molecule has 2 aromatic rings. The SMILES string of the molecule is CC(Oc1ccc(-c2ccccc2)cc1)C(=O)NC(C(=O)O)C1CCCOC1. The molecule has 0 spiro atoms. The smallest absolute Gasteiger partial charge is 0.326 e. The van der Waals surface area contributed by atoms with Crippen LogP contribution in [0.25, 0.3) is 11.1 Å². The van der Waals surface area contributed by atoms with Crippen molar-refractivity contribution in [1.29, 1.82) is 0 Å². The molecule has 0 bridgehead atoms. The van der Waals surface area contributed by atoms with Crippen molar-refractivity contribution in [1.82, 2.24) is 5.32 Å². The second-order valence-corrected chi connectivity index (χ2v) is 6.95. The molecule has 3 atom stereocenters. The van der Waals surface area contributed by atoms with Gasteiger partial charge >= 0.3 is 5.97 Å². The molecule has 1 amide bonds. The summed E-state index contributed by atoms with van der Waals surface area (Å²) in [4.78, 5) is 24.0. The summed E-state index contributed by atoms with van der Waals surface area (Å²) in [5.74, 6) is -1.18. The summed E-state index contributed by atoms with van der Waals surface area (Å²) < 4.78 is 11.1. The molecule has 1 aliphatic heterocycles. The molecule has 3 unspecified atom stereocenters. The molecule has 0 aliphatic carbocycles. The number of nitrogens with one attached hydrogen (secondary N) is 1. The van der Waals surface area contributed by atoms with Gasteiger partial charge in [0.15, 0.2) is 6.10 Å². The van der Waals surface area contributed by atoms with Crippen LogP contribution in [0.1, 0.15) is 19.8 Å². The van der Waals surface area contributed by atoms with Gasteiger partial charge in [-0.25, -0.2) is 4.79 Å². The number of hydrogen-bond acceptors (Lipinski definition) is 4. The Kier molecular flexibility index (Phi) is 6.66. The molecule has 1 heterocycles.